The molecule has 0 radical (unpaired) electrons. The molecule has 4 aromatic heterocycles. The highest BCUT2D eigenvalue weighted by Crippen LogP contribution is 2.36. The third-order valence-corrected chi connectivity index (χ3v) is 5.71. The van der Waals surface area contributed by atoms with Crippen molar-refractivity contribution >= 4 is 22.8 Å². The Hall–Kier alpha value is -3.93. The molecule has 32 heavy (non-hydrogen) atoms. The number of pyridine rings is 2. The van der Waals surface area contributed by atoms with E-state index in [0.29, 0.717) is 5.92 Å². The SMILES string of the molecule is C=C(Nc1cncc(-c2ccc3[nH]nc(-c4cc(/C=C\C=C/C)c(C)[nH]4)c3n2)c1)C1CC1. The van der Waals surface area contributed by atoms with Crippen LogP contribution >= 0.6 is 0 Å². The summed E-state index contributed by atoms with van der Waals surface area (Å²) in [5.41, 5.74) is 9.48. The summed E-state index contributed by atoms with van der Waals surface area (Å²) in [7, 11) is 0. The van der Waals surface area contributed by atoms with Gasteiger partial charge >= 0.3 is 0 Å². The number of fused-ring (bicyclic) bond motifs is 1. The van der Waals surface area contributed by atoms with Crippen molar-refractivity contribution in [2.45, 2.75) is 26.7 Å². The second-order valence-electron chi connectivity index (χ2n) is 8.20. The molecule has 4 aromatic rings. The van der Waals surface area contributed by atoms with Crippen LogP contribution in [0.1, 0.15) is 31.0 Å². The van der Waals surface area contributed by atoms with E-state index in [-0.39, 0.29) is 0 Å². The Morgan fingerprint density at radius 3 is 2.88 bits per heavy atom. The molecule has 1 aliphatic carbocycles. The second-order valence-corrected chi connectivity index (χ2v) is 8.20. The Bertz CT molecular complexity index is 1350. The van der Waals surface area contributed by atoms with Crippen molar-refractivity contribution in [1.29, 1.82) is 0 Å². The highest BCUT2D eigenvalue weighted by molar-refractivity contribution is 5.90. The Morgan fingerprint density at radius 2 is 2.06 bits per heavy atom. The summed E-state index contributed by atoms with van der Waals surface area (Å²) in [6.45, 7) is 8.21. The van der Waals surface area contributed by atoms with E-state index in [9.17, 15) is 0 Å². The van der Waals surface area contributed by atoms with Crippen molar-refractivity contribution in [3.8, 4) is 22.6 Å². The van der Waals surface area contributed by atoms with Crippen LogP contribution in [0.4, 0.5) is 5.69 Å². The zero-order valence-electron chi connectivity index (χ0n) is 18.3. The normalized spacial score (nSPS) is 14.1. The highest BCUT2D eigenvalue weighted by Gasteiger charge is 2.24. The fourth-order valence-corrected chi connectivity index (χ4v) is 3.76. The topological polar surface area (TPSA) is 82.3 Å². The molecule has 0 spiro atoms. The minimum absolute atomic E-state index is 0.587. The predicted molar refractivity (Wildman–Crippen MR) is 131 cm³/mol. The molecular weight excluding hydrogens is 396 g/mol. The van der Waals surface area contributed by atoms with Gasteiger partial charge in [0, 0.05) is 23.2 Å². The lowest BCUT2D eigenvalue weighted by Gasteiger charge is -2.09. The van der Waals surface area contributed by atoms with Crippen LogP contribution in [0.25, 0.3) is 39.8 Å². The molecule has 0 bridgehead atoms. The average molecular weight is 423 g/mol. The minimum atomic E-state index is 0.587. The number of aromatic amines is 2. The zero-order valence-corrected chi connectivity index (χ0v) is 18.3. The standard InChI is InChI=1S/C26H26N6/c1-4-5-6-7-19-13-24(29-17(19)3)26-25-23(31-32-26)11-10-22(30-25)20-12-21(15-27-14-20)28-16(2)18-8-9-18/h4-7,10-15,18,28-29H,2,8-9H2,1,3H3,(H,31,32)/b5-4-,7-6-. The third-order valence-electron chi connectivity index (χ3n) is 5.71. The summed E-state index contributed by atoms with van der Waals surface area (Å²) in [6, 6.07) is 8.18. The van der Waals surface area contributed by atoms with Crippen molar-refractivity contribution in [2.24, 2.45) is 5.92 Å². The molecular formula is C26H26N6. The number of rotatable bonds is 7. The third kappa shape index (κ3) is 3.99. The Balaban J connectivity index is 1.48. The van der Waals surface area contributed by atoms with Crippen LogP contribution in [0.5, 0.6) is 0 Å². The lowest BCUT2D eigenvalue weighted by atomic mass is 10.1. The van der Waals surface area contributed by atoms with Gasteiger partial charge in [-0.05, 0) is 62.4 Å². The van der Waals surface area contributed by atoms with Crippen LogP contribution in [0, 0.1) is 12.8 Å². The highest BCUT2D eigenvalue weighted by atomic mass is 15.1. The minimum Gasteiger partial charge on any atom is -0.358 e. The maximum absolute atomic E-state index is 4.93. The molecule has 4 heterocycles. The first-order valence-corrected chi connectivity index (χ1v) is 10.9. The van der Waals surface area contributed by atoms with Gasteiger partial charge in [0.15, 0.2) is 0 Å². The van der Waals surface area contributed by atoms with Crippen LogP contribution in [-0.2, 0) is 0 Å². The first-order chi connectivity index (χ1) is 15.6. The van der Waals surface area contributed by atoms with E-state index in [1.165, 1.54) is 12.8 Å². The zero-order chi connectivity index (χ0) is 22.1. The Morgan fingerprint density at radius 1 is 1.19 bits per heavy atom. The van der Waals surface area contributed by atoms with Gasteiger partial charge < -0.3 is 10.3 Å². The molecule has 3 N–H and O–H groups in total. The van der Waals surface area contributed by atoms with Gasteiger partial charge in [-0.25, -0.2) is 4.98 Å². The quantitative estimate of drug-likeness (QED) is 0.308. The van der Waals surface area contributed by atoms with Gasteiger partial charge in [0.05, 0.1) is 28.8 Å². The predicted octanol–water partition coefficient (Wildman–Crippen LogP) is 6.25. The number of H-pyrrole nitrogens is 2. The van der Waals surface area contributed by atoms with Crippen molar-refractivity contribution in [3.63, 3.8) is 0 Å². The van der Waals surface area contributed by atoms with E-state index < -0.39 is 0 Å². The number of nitrogens with zero attached hydrogens (tertiary/aromatic N) is 3. The summed E-state index contributed by atoms with van der Waals surface area (Å²) < 4.78 is 0. The number of nitrogens with one attached hydrogen (secondary N) is 3. The number of aromatic nitrogens is 5. The largest absolute Gasteiger partial charge is 0.358 e. The van der Waals surface area contributed by atoms with Crippen molar-refractivity contribution in [1.82, 2.24) is 25.1 Å². The molecule has 160 valence electrons. The molecule has 6 heteroatoms. The van der Waals surface area contributed by atoms with E-state index >= 15 is 0 Å². The fourth-order valence-electron chi connectivity index (χ4n) is 3.76. The summed E-state index contributed by atoms with van der Waals surface area (Å²) in [5.74, 6) is 0.587. The molecule has 5 rings (SSSR count). The summed E-state index contributed by atoms with van der Waals surface area (Å²) >= 11 is 0. The molecule has 0 aliphatic heterocycles. The summed E-state index contributed by atoms with van der Waals surface area (Å²) in [4.78, 5) is 12.8. The van der Waals surface area contributed by atoms with E-state index in [1.807, 2.05) is 49.7 Å². The molecule has 1 aliphatic rings. The number of allylic oxidation sites excluding steroid dienone is 4. The first-order valence-electron chi connectivity index (χ1n) is 10.9. The molecule has 1 saturated carbocycles. The fraction of sp³-hybridized carbons (Fsp3) is 0.192. The van der Waals surface area contributed by atoms with Crippen LogP contribution in [0.3, 0.4) is 0 Å². The molecule has 0 aromatic carbocycles. The molecule has 0 saturated heterocycles. The molecule has 6 nitrogen and oxygen atoms in total. The van der Waals surface area contributed by atoms with Crippen molar-refractivity contribution in [3.05, 3.63) is 78.4 Å². The molecule has 0 amide bonds. The lowest BCUT2D eigenvalue weighted by molar-refractivity contribution is 1.02. The van der Waals surface area contributed by atoms with Gasteiger partial charge in [-0.2, -0.15) is 5.10 Å². The second kappa shape index (κ2) is 8.30. The van der Waals surface area contributed by atoms with Gasteiger partial charge in [-0.3, -0.25) is 10.1 Å². The number of hydrogen-bond donors (Lipinski definition) is 3. The number of anilines is 1. The van der Waals surface area contributed by atoms with Crippen LogP contribution in [0.15, 0.2) is 67.2 Å². The van der Waals surface area contributed by atoms with Gasteiger partial charge in [0.25, 0.3) is 0 Å². The Kier molecular flexibility index (Phi) is 5.19. The van der Waals surface area contributed by atoms with Gasteiger partial charge in [0.2, 0.25) is 0 Å². The number of aryl methyl sites for hydroxylation is 1. The average Bonchev–Trinajstić information content (AvgIpc) is 3.48. The van der Waals surface area contributed by atoms with Crippen LogP contribution < -0.4 is 5.32 Å². The monoisotopic (exact) mass is 422 g/mol. The smallest absolute Gasteiger partial charge is 0.135 e. The molecule has 0 atom stereocenters. The van der Waals surface area contributed by atoms with Crippen molar-refractivity contribution < 1.29 is 0 Å². The van der Waals surface area contributed by atoms with Gasteiger partial charge in [-0.1, -0.05) is 30.9 Å². The van der Waals surface area contributed by atoms with Crippen LogP contribution in [-0.4, -0.2) is 25.1 Å². The first kappa shape index (κ1) is 20.0. The molecule has 1 fully saturated rings. The van der Waals surface area contributed by atoms with Crippen molar-refractivity contribution in [2.75, 3.05) is 5.32 Å². The van der Waals surface area contributed by atoms with Gasteiger partial charge in [0.1, 0.15) is 11.2 Å². The van der Waals surface area contributed by atoms with E-state index in [4.69, 9.17) is 4.98 Å². The van der Waals surface area contributed by atoms with Crippen LogP contribution in [0.2, 0.25) is 0 Å². The Labute approximate surface area is 187 Å². The lowest BCUT2D eigenvalue weighted by Crippen LogP contribution is -2.00. The van der Waals surface area contributed by atoms with E-state index in [0.717, 1.165) is 56.3 Å². The van der Waals surface area contributed by atoms with E-state index in [1.54, 1.807) is 0 Å². The van der Waals surface area contributed by atoms with Gasteiger partial charge in [-0.15, -0.1) is 0 Å². The van der Waals surface area contributed by atoms with E-state index in [2.05, 4.69) is 57.2 Å². The number of hydrogen-bond acceptors (Lipinski definition) is 4. The maximum atomic E-state index is 4.93. The maximum Gasteiger partial charge on any atom is 0.135 e. The summed E-state index contributed by atoms with van der Waals surface area (Å²) in [6.07, 6.45) is 14.2. The molecule has 0 unspecified atom stereocenters. The summed E-state index contributed by atoms with van der Waals surface area (Å²) in [5, 5.41) is 11.0.